The summed E-state index contributed by atoms with van der Waals surface area (Å²) in [6, 6.07) is 0. The van der Waals surface area contributed by atoms with Crippen molar-refractivity contribution in [3.63, 3.8) is 0 Å². The van der Waals surface area contributed by atoms with E-state index in [0.717, 1.165) is 31.8 Å². The van der Waals surface area contributed by atoms with Crippen molar-refractivity contribution in [2.24, 2.45) is 5.92 Å². The Labute approximate surface area is 100 Å². The molecule has 1 rings (SSSR count). The Morgan fingerprint density at radius 3 is 2.50 bits per heavy atom. The van der Waals surface area contributed by atoms with Crippen LogP contribution in [0.5, 0.6) is 0 Å². The fourth-order valence-corrected chi connectivity index (χ4v) is 2.38. The molecule has 0 aromatic rings. The van der Waals surface area contributed by atoms with Crippen molar-refractivity contribution in [2.45, 2.75) is 58.5 Å². The molecule has 0 amide bonds. The van der Waals surface area contributed by atoms with Gasteiger partial charge in [-0.15, -0.1) is 0 Å². The van der Waals surface area contributed by atoms with Gasteiger partial charge < -0.3 is 10.4 Å². The molecule has 0 aliphatic heterocycles. The topological polar surface area (TPSA) is 32.3 Å². The molecule has 2 nitrogen and oxygen atoms in total. The third kappa shape index (κ3) is 4.67. The van der Waals surface area contributed by atoms with E-state index in [1.165, 1.54) is 24.8 Å². The Morgan fingerprint density at radius 2 is 2.00 bits per heavy atom. The van der Waals surface area contributed by atoms with Crippen molar-refractivity contribution in [3.05, 3.63) is 11.6 Å². The lowest BCUT2D eigenvalue weighted by atomic mass is 9.78. The second-order valence-electron chi connectivity index (χ2n) is 5.49. The number of nitrogens with one attached hydrogen (secondary N) is 1. The van der Waals surface area contributed by atoms with Gasteiger partial charge in [-0.3, -0.25) is 0 Å². The van der Waals surface area contributed by atoms with Crippen LogP contribution in [0.25, 0.3) is 0 Å². The van der Waals surface area contributed by atoms with Gasteiger partial charge in [-0.2, -0.15) is 0 Å². The Morgan fingerprint density at radius 1 is 1.38 bits per heavy atom. The highest BCUT2D eigenvalue weighted by molar-refractivity contribution is 4.95. The summed E-state index contributed by atoms with van der Waals surface area (Å²) in [7, 11) is 0. The van der Waals surface area contributed by atoms with Crippen LogP contribution in [0.2, 0.25) is 0 Å². The predicted molar refractivity (Wildman–Crippen MR) is 69.5 cm³/mol. The zero-order chi connectivity index (χ0) is 12.0. The molecule has 0 spiro atoms. The van der Waals surface area contributed by atoms with Gasteiger partial charge in [0.05, 0.1) is 5.60 Å². The standard InChI is InChI=1S/C14H27NO/c1-4-13-5-8-14(16,9-6-13)11-15-10-7-12(2)3/h7,13,15-16H,4-6,8-11H2,1-3H3. The lowest BCUT2D eigenvalue weighted by Crippen LogP contribution is -2.43. The molecule has 0 heterocycles. The molecule has 0 bridgehead atoms. The monoisotopic (exact) mass is 225 g/mol. The normalized spacial score (nSPS) is 30.1. The highest BCUT2D eigenvalue weighted by Gasteiger charge is 2.31. The largest absolute Gasteiger partial charge is 0.389 e. The molecular weight excluding hydrogens is 198 g/mol. The first-order chi connectivity index (χ1) is 7.56. The first-order valence-electron chi connectivity index (χ1n) is 6.62. The predicted octanol–water partition coefficient (Wildman–Crippen LogP) is 2.87. The van der Waals surface area contributed by atoms with Crippen molar-refractivity contribution < 1.29 is 5.11 Å². The Kier molecular flexibility index (Phi) is 5.50. The SMILES string of the molecule is CCC1CCC(O)(CNCC=C(C)C)CC1. The lowest BCUT2D eigenvalue weighted by molar-refractivity contribution is -0.00784. The van der Waals surface area contributed by atoms with E-state index in [4.69, 9.17) is 0 Å². The Hall–Kier alpha value is -0.340. The number of hydrogen-bond acceptors (Lipinski definition) is 2. The van der Waals surface area contributed by atoms with Crippen LogP contribution in [-0.2, 0) is 0 Å². The van der Waals surface area contributed by atoms with Gasteiger partial charge in [0, 0.05) is 13.1 Å². The zero-order valence-electron chi connectivity index (χ0n) is 11.1. The molecular formula is C14H27NO. The molecule has 0 radical (unpaired) electrons. The van der Waals surface area contributed by atoms with Gasteiger partial charge in [0.1, 0.15) is 0 Å². The molecule has 16 heavy (non-hydrogen) atoms. The smallest absolute Gasteiger partial charge is 0.0771 e. The van der Waals surface area contributed by atoms with Crippen LogP contribution < -0.4 is 5.32 Å². The number of allylic oxidation sites excluding steroid dienone is 1. The highest BCUT2D eigenvalue weighted by Crippen LogP contribution is 2.33. The van der Waals surface area contributed by atoms with Crippen LogP contribution in [0.3, 0.4) is 0 Å². The molecule has 1 aliphatic rings. The van der Waals surface area contributed by atoms with E-state index in [1.54, 1.807) is 0 Å². The number of hydrogen-bond donors (Lipinski definition) is 2. The van der Waals surface area contributed by atoms with E-state index >= 15 is 0 Å². The van der Waals surface area contributed by atoms with Gasteiger partial charge >= 0.3 is 0 Å². The minimum atomic E-state index is -0.443. The summed E-state index contributed by atoms with van der Waals surface area (Å²) >= 11 is 0. The quantitative estimate of drug-likeness (QED) is 0.557. The zero-order valence-corrected chi connectivity index (χ0v) is 11.1. The molecule has 0 unspecified atom stereocenters. The summed E-state index contributed by atoms with van der Waals surface area (Å²) in [6.07, 6.45) is 7.75. The summed E-state index contributed by atoms with van der Waals surface area (Å²) in [5.74, 6) is 0.845. The van der Waals surface area contributed by atoms with Crippen LogP contribution in [0, 0.1) is 5.92 Å². The van der Waals surface area contributed by atoms with Gasteiger partial charge in [-0.1, -0.05) is 25.0 Å². The summed E-state index contributed by atoms with van der Waals surface area (Å²) in [5, 5.41) is 13.7. The minimum Gasteiger partial charge on any atom is -0.389 e. The number of aliphatic hydroxyl groups is 1. The van der Waals surface area contributed by atoms with Crippen LogP contribution in [-0.4, -0.2) is 23.8 Å². The first-order valence-corrected chi connectivity index (χ1v) is 6.62. The first kappa shape index (κ1) is 13.7. The van der Waals surface area contributed by atoms with Crippen LogP contribution >= 0.6 is 0 Å². The maximum absolute atomic E-state index is 10.4. The van der Waals surface area contributed by atoms with Crippen molar-refractivity contribution >= 4 is 0 Å². The van der Waals surface area contributed by atoms with E-state index in [0.29, 0.717) is 0 Å². The fourth-order valence-electron chi connectivity index (χ4n) is 2.38. The van der Waals surface area contributed by atoms with Gasteiger partial charge in [0.2, 0.25) is 0 Å². The third-order valence-electron chi connectivity index (χ3n) is 3.72. The maximum Gasteiger partial charge on any atom is 0.0771 e. The molecule has 0 aromatic heterocycles. The molecule has 0 aromatic carbocycles. The summed E-state index contributed by atoms with van der Waals surface area (Å²) in [4.78, 5) is 0. The lowest BCUT2D eigenvalue weighted by Gasteiger charge is -2.35. The number of rotatable bonds is 5. The highest BCUT2D eigenvalue weighted by atomic mass is 16.3. The molecule has 1 fully saturated rings. The molecule has 2 heteroatoms. The molecule has 1 saturated carbocycles. The summed E-state index contributed by atoms with van der Waals surface area (Å²) in [6.45, 7) is 8.07. The van der Waals surface area contributed by atoms with Gasteiger partial charge in [-0.05, 0) is 45.4 Å². The maximum atomic E-state index is 10.4. The van der Waals surface area contributed by atoms with Crippen LogP contribution in [0.1, 0.15) is 52.9 Å². The van der Waals surface area contributed by atoms with Crippen molar-refractivity contribution in [3.8, 4) is 0 Å². The second kappa shape index (κ2) is 6.41. The van der Waals surface area contributed by atoms with Crippen molar-refractivity contribution in [1.82, 2.24) is 5.32 Å². The molecule has 2 N–H and O–H groups in total. The Balaban J connectivity index is 2.23. The van der Waals surface area contributed by atoms with Crippen molar-refractivity contribution in [2.75, 3.05) is 13.1 Å². The van der Waals surface area contributed by atoms with Gasteiger partial charge in [-0.25, -0.2) is 0 Å². The Bertz CT molecular complexity index is 223. The minimum absolute atomic E-state index is 0.443. The second-order valence-corrected chi connectivity index (χ2v) is 5.49. The van der Waals surface area contributed by atoms with Gasteiger partial charge in [0.15, 0.2) is 0 Å². The van der Waals surface area contributed by atoms with E-state index in [1.807, 2.05) is 0 Å². The molecule has 0 saturated heterocycles. The van der Waals surface area contributed by atoms with E-state index in [9.17, 15) is 5.11 Å². The average Bonchev–Trinajstić information content (AvgIpc) is 2.26. The summed E-state index contributed by atoms with van der Waals surface area (Å²) < 4.78 is 0. The molecule has 1 aliphatic carbocycles. The van der Waals surface area contributed by atoms with Crippen LogP contribution in [0.15, 0.2) is 11.6 Å². The van der Waals surface area contributed by atoms with Crippen LogP contribution in [0.4, 0.5) is 0 Å². The molecule has 0 atom stereocenters. The summed E-state index contributed by atoms with van der Waals surface area (Å²) in [5.41, 5.74) is 0.885. The van der Waals surface area contributed by atoms with E-state index in [-0.39, 0.29) is 0 Å². The third-order valence-corrected chi connectivity index (χ3v) is 3.72. The molecule has 94 valence electrons. The van der Waals surface area contributed by atoms with E-state index in [2.05, 4.69) is 32.2 Å². The fraction of sp³-hybridized carbons (Fsp3) is 0.857. The van der Waals surface area contributed by atoms with Gasteiger partial charge in [0.25, 0.3) is 0 Å². The van der Waals surface area contributed by atoms with Crippen molar-refractivity contribution in [1.29, 1.82) is 0 Å². The average molecular weight is 225 g/mol. The van der Waals surface area contributed by atoms with E-state index < -0.39 is 5.60 Å².